The molecule has 4 aliphatic heterocycles. The third-order valence-corrected chi connectivity index (χ3v) is 12.3. The van der Waals surface area contributed by atoms with E-state index in [0.717, 1.165) is 0 Å². The van der Waals surface area contributed by atoms with Crippen LogP contribution in [0.15, 0.2) is 4.99 Å². The minimum Gasteiger partial charge on any atom is -0.472 e. The van der Waals surface area contributed by atoms with Crippen LogP contribution in [0, 0.1) is 23.7 Å². The Hall–Kier alpha value is -1.46. The maximum absolute atomic E-state index is 14.0. The molecule has 4 fully saturated rings. The molecule has 5 rings (SSSR count). The van der Waals surface area contributed by atoms with Gasteiger partial charge in [0, 0.05) is 43.7 Å². The Morgan fingerprint density at radius 3 is 2.22 bits per heavy atom. The highest BCUT2D eigenvalue weighted by Gasteiger charge is 2.70. The zero-order chi connectivity index (χ0) is 37.2. The summed E-state index contributed by atoms with van der Waals surface area (Å²) in [6, 6.07) is -0.996. The van der Waals surface area contributed by atoms with Crippen LogP contribution in [-0.2, 0) is 38.0 Å². The summed E-state index contributed by atoms with van der Waals surface area (Å²) < 4.78 is 44.4. The molecule has 1 saturated carbocycles. The van der Waals surface area contributed by atoms with Gasteiger partial charge in [-0.15, -0.1) is 0 Å². The van der Waals surface area contributed by atoms with E-state index in [-0.39, 0.29) is 24.5 Å². The minimum absolute atomic E-state index is 0.170. The van der Waals surface area contributed by atoms with Crippen LogP contribution in [0.1, 0.15) is 81.6 Å². The topological polar surface area (TPSA) is 178 Å². The predicted octanol–water partition coefficient (Wildman–Crippen LogP) is 1.63. The van der Waals surface area contributed by atoms with Crippen LogP contribution in [0.4, 0.5) is 0 Å². The monoisotopic (exact) mass is 714 g/mol. The molecule has 4 N–H and O–H groups in total. The van der Waals surface area contributed by atoms with Gasteiger partial charge >= 0.3 is 5.97 Å². The molecule has 3 saturated heterocycles. The lowest BCUT2D eigenvalue weighted by Gasteiger charge is -2.48. The van der Waals surface area contributed by atoms with E-state index < -0.39 is 102 Å². The molecule has 0 aromatic carbocycles. The molecule has 2 bridgehead atoms. The zero-order valence-electron chi connectivity index (χ0n) is 31.8. The van der Waals surface area contributed by atoms with Gasteiger partial charge in [-0.25, -0.2) is 4.99 Å². The molecular weight excluding hydrogens is 652 g/mol. The zero-order valence-corrected chi connectivity index (χ0v) is 31.8. The minimum atomic E-state index is -1.69. The van der Waals surface area contributed by atoms with Crippen molar-refractivity contribution in [3.63, 3.8) is 0 Å². The van der Waals surface area contributed by atoms with Gasteiger partial charge in [-0.05, 0) is 62.1 Å². The van der Waals surface area contributed by atoms with Crippen LogP contribution in [-0.4, -0.2) is 149 Å². The highest BCUT2D eigenvalue weighted by atomic mass is 16.7. The van der Waals surface area contributed by atoms with Gasteiger partial charge in [0.05, 0.1) is 35.9 Å². The number of nitrogens with zero attached hydrogens (tertiary/aromatic N) is 2. The van der Waals surface area contributed by atoms with Crippen LogP contribution < -0.4 is 0 Å². The Balaban J connectivity index is 1.58. The van der Waals surface area contributed by atoms with Gasteiger partial charge < -0.3 is 58.5 Å². The van der Waals surface area contributed by atoms with E-state index in [2.05, 4.69) is 0 Å². The number of esters is 1. The maximum Gasteiger partial charge on any atom is 0.311 e. The Morgan fingerprint density at radius 2 is 1.60 bits per heavy atom. The fourth-order valence-corrected chi connectivity index (χ4v) is 8.85. The van der Waals surface area contributed by atoms with Crippen LogP contribution in [0.25, 0.3) is 0 Å². The molecule has 14 heteroatoms. The first-order chi connectivity index (χ1) is 23.2. The van der Waals surface area contributed by atoms with Gasteiger partial charge in [-0.1, -0.05) is 20.8 Å². The quantitative estimate of drug-likeness (QED) is 0.292. The molecular formula is C36H62N2O12. The number of ether oxygens (including phenoxy) is 7. The lowest BCUT2D eigenvalue weighted by Crippen LogP contribution is -2.60. The second kappa shape index (κ2) is 14.4. The fourth-order valence-electron chi connectivity index (χ4n) is 8.85. The molecule has 50 heavy (non-hydrogen) atoms. The SMILES string of the molecule is CO[C@]1(C)C[C@H](O[C@H]2[C@H](C)[C@@H](O[C@@H]3O[C@H](C)C[C@H](N(C)C)[C@H]3O)[C@@]3(C)C[C@H](C)/C(=N/[C@H](C)[C@@H](O)[C@@]4(O)C(C)[C@H]4OC(=O)[C@@H]2C)O3)O[C@@H](C)[C@@H]1O. The summed E-state index contributed by atoms with van der Waals surface area (Å²) in [6.07, 6.45) is -7.48. The Kier molecular flexibility index (Phi) is 11.5. The summed E-state index contributed by atoms with van der Waals surface area (Å²) >= 11 is 0. The first-order valence-corrected chi connectivity index (χ1v) is 18.3. The van der Waals surface area contributed by atoms with Crippen LogP contribution in [0.3, 0.4) is 0 Å². The molecule has 0 aromatic rings. The number of fused-ring (bicyclic) bond motifs is 3. The van der Waals surface area contributed by atoms with Gasteiger partial charge in [-0.2, -0.15) is 0 Å². The van der Waals surface area contributed by atoms with Crippen molar-refractivity contribution in [1.29, 1.82) is 0 Å². The summed E-state index contributed by atoms with van der Waals surface area (Å²) in [7, 11) is 5.34. The lowest BCUT2D eigenvalue weighted by atomic mass is 9.79. The molecule has 14 nitrogen and oxygen atoms in total. The third kappa shape index (κ3) is 7.11. The first-order valence-electron chi connectivity index (χ1n) is 18.3. The molecule has 0 spiro atoms. The summed E-state index contributed by atoms with van der Waals surface area (Å²) in [6.45, 7) is 16.4. The van der Waals surface area contributed by atoms with Crippen molar-refractivity contribution >= 4 is 11.9 Å². The molecule has 0 radical (unpaired) electrons. The van der Waals surface area contributed by atoms with Crippen molar-refractivity contribution in [2.45, 2.75) is 172 Å². The van der Waals surface area contributed by atoms with E-state index >= 15 is 0 Å². The number of aliphatic hydroxyl groups excluding tert-OH is 3. The number of rotatable bonds is 6. The van der Waals surface area contributed by atoms with Gasteiger partial charge in [0.25, 0.3) is 0 Å². The molecule has 0 amide bonds. The largest absolute Gasteiger partial charge is 0.472 e. The Bertz CT molecular complexity index is 1260. The number of carbonyl (C=O) groups excluding carboxylic acids is 1. The van der Waals surface area contributed by atoms with Crippen molar-refractivity contribution in [3.05, 3.63) is 0 Å². The maximum atomic E-state index is 14.0. The number of aliphatic imine (C=N–C) groups is 1. The highest BCUT2D eigenvalue weighted by Crippen LogP contribution is 2.51. The average molecular weight is 715 g/mol. The van der Waals surface area contributed by atoms with Crippen LogP contribution in [0.5, 0.6) is 0 Å². The van der Waals surface area contributed by atoms with Crippen LogP contribution >= 0.6 is 0 Å². The van der Waals surface area contributed by atoms with E-state index in [0.29, 0.717) is 18.7 Å². The second-order valence-corrected chi connectivity index (χ2v) is 16.5. The molecule has 1 aliphatic carbocycles. The van der Waals surface area contributed by atoms with Gasteiger partial charge in [0.15, 0.2) is 18.5 Å². The number of hydrogen-bond donors (Lipinski definition) is 4. The number of hydrogen-bond acceptors (Lipinski definition) is 14. The van der Waals surface area contributed by atoms with Gasteiger partial charge in [-0.3, -0.25) is 4.79 Å². The molecule has 4 heterocycles. The molecule has 1 unspecified atom stereocenters. The van der Waals surface area contributed by atoms with E-state index in [1.165, 1.54) is 7.11 Å². The average Bonchev–Trinajstić information content (AvgIpc) is 3.42. The number of aliphatic hydroxyl groups is 4. The first kappa shape index (κ1) is 39.7. The number of likely N-dealkylation sites (N-methyl/N-ethyl adjacent to an activating group) is 1. The Labute approximate surface area is 296 Å². The number of carbonyl (C=O) groups is 1. The summed E-state index contributed by atoms with van der Waals surface area (Å²) in [4.78, 5) is 20.7. The number of methoxy groups -OCH3 is 1. The summed E-state index contributed by atoms with van der Waals surface area (Å²) in [5.41, 5.74) is -3.73. The predicted molar refractivity (Wildman–Crippen MR) is 181 cm³/mol. The van der Waals surface area contributed by atoms with Crippen molar-refractivity contribution in [3.8, 4) is 0 Å². The molecule has 0 aromatic heterocycles. The van der Waals surface area contributed by atoms with Crippen molar-refractivity contribution in [2.24, 2.45) is 28.7 Å². The van der Waals surface area contributed by atoms with E-state index in [1.54, 1.807) is 34.6 Å². The standard InChI is InChI=1S/C36H62N2O12/c1-16-14-35(9)29(49-33-25(39)23(38(10)11)13-17(2)45-33)18(3)26(47-24-15-34(8,44-12)28(41)22(7)46-24)19(4)32(42)48-30-20(5)36(30,43)27(40)21(6)37-31(16)50-35/h16-30,33,39-41,43H,13-15H2,1-12H3/b37-31-/t16-,17+,18-,19+,20?,21+,22-,23-,24-,25+,26-,27+,28-,29+,30+,33-,34+,35+,36-/m0/s1. The van der Waals surface area contributed by atoms with Gasteiger partial charge in [0.1, 0.15) is 41.7 Å². The van der Waals surface area contributed by atoms with Crippen molar-refractivity contribution in [2.75, 3.05) is 21.2 Å². The van der Waals surface area contributed by atoms with Crippen molar-refractivity contribution in [1.82, 2.24) is 4.90 Å². The Morgan fingerprint density at radius 1 is 0.940 bits per heavy atom. The summed E-state index contributed by atoms with van der Waals surface area (Å²) in [5, 5.41) is 45.3. The lowest BCUT2D eigenvalue weighted by molar-refractivity contribution is -0.315. The van der Waals surface area contributed by atoms with E-state index in [4.69, 9.17) is 38.2 Å². The van der Waals surface area contributed by atoms with E-state index in [9.17, 15) is 25.2 Å². The molecule has 288 valence electrons. The molecule has 5 aliphatic rings. The second-order valence-electron chi connectivity index (χ2n) is 16.5. The highest BCUT2D eigenvalue weighted by molar-refractivity contribution is 5.81. The smallest absolute Gasteiger partial charge is 0.311 e. The molecule has 19 atom stereocenters. The van der Waals surface area contributed by atoms with Crippen molar-refractivity contribution < 1.29 is 58.4 Å². The summed E-state index contributed by atoms with van der Waals surface area (Å²) in [5.74, 6) is -2.48. The van der Waals surface area contributed by atoms with E-state index in [1.807, 2.05) is 46.7 Å². The third-order valence-electron chi connectivity index (χ3n) is 12.3. The van der Waals surface area contributed by atoms with Gasteiger partial charge in [0.2, 0.25) is 0 Å². The fraction of sp³-hybridized carbons (Fsp3) is 0.944. The van der Waals surface area contributed by atoms with Crippen LogP contribution in [0.2, 0.25) is 0 Å². The normalized spacial score (nSPS) is 54.2.